The zero-order valence-corrected chi connectivity index (χ0v) is 18.6. The number of carbonyl (C=O) groups is 1. The Hall–Kier alpha value is -4.49. The molecule has 5 rings (SSSR count). The Morgan fingerprint density at radius 1 is 0.765 bits per heavy atom. The minimum Gasteiger partial charge on any atom is -0.449 e. The summed E-state index contributed by atoms with van der Waals surface area (Å²) >= 11 is 0. The number of ether oxygens (including phenoxy) is 1. The number of nitrogens with one attached hydrogen (secondary N) is 2. The molecule has 0 saturated heterocycles. The fourth-order valence-corrected chi connectivity index (χ4v) is 4.28. The van der Waals surface area contributed by atoms with Crippen LogP contribution in [0.15, 0.2) is 103 Å². The highest BCUT2D eigenvalue weighted by molar-refractivity contribution is 5.79. The minimum absolute atomic E-state index is 0.0418. The van der Waals surface area contributed by atoms with Crippen molar-refractivity contribution >= 4 is 17.5 Å². The molecule has 0 aliphatic heterocycles. The Bertz CT molecular complexity index is 1320. The molecular weight excluding hydrogens is 420 g/mol. The molecule has 0 unspecified atom stereocenters. The van der Waals surface area contributed by atoms with E-state index in [9.17, 15) is 4.79 Å². The lowest BCUT2D eigenvalue weighted by atomic mass is 9.98. The number of alkyl carbamates (subject to hydrolysis) is 1. The van der Waals surface area contributed by atoms with Gasteiger partial charge in [0.2, 0.25) is 0 Å². The van der Waals surface area contributed by atoms with Gasteiger partial charge in [-0.2, -0.15) is 0 Å². The van der Waals surface area contributed by atoms with Gasteiger partial charge in [0.05, 0.1) is 12.2 Å². The second-order valence-electron chi connectivity index (χ2n) is 8.02. The highest BCUT2D eigenvalue weighted by Crippen LogP contribution is 2.44. The van der Waals surface area contributed by atoms with Crippen molar-refractivity contribution < 1.29 is 9.53 Å². The number of fused-ring (bicyclic) bond motifs is 3. The van der Waals surface area contributed by atoms with Gasteiger partial charge < -0.3 is 15.4 Å². The molecule has 0 aromatic heterocycles. The molecule has 4 nitrogen and oxygen atoms in total. The molecule has 4 aromatic carbocycles. The third-order valence-electron chi connectivity index (χ3n) is 5.87. The minimum atomic E-state index is -0.466. The van der Waals surface area contributed by atoms with Gasteiger partial charge in [0.25, 0.3) is 0 Å². The fraction of sp³-hybridized carbons (Fsp3) is 0.100. The maximum absolute atomic E-state index is 12.3. The number of hydrogen-bond donors (Lipinski definition) is 2. The molecule has 0 fully saturated rings. The van der Waals surface area contributed by atoms with Crippen molar-refractivity contribution in [2.75, 3.05) is 18.5 Å². The molecule has 0 saturated carbocycles. The number of benzene rings is 4. The second-order valence-corrected chi connectivity index (χ2v) is 8.02. The summed E-state index contributed by atoms with van der Waals surface area (Å²) in [7, 11) is 0. The van der Waals surface area contributed by atoms with E-state index >= 15 is 0 Å². The molecule has 166 valence electrons. The highest BCUT2D eigenvalue weighted by Gasteiger charge is 2.28. The first-order chi connectivity index (χ1) is 16.8. The molecule has 0 spiro atoms. The summed E-state index contributed by atoms with van der Waals surface area (Å²) in [5, 5.41) is 6.11. The molecule has 0 bridgehead atoms. The summed E-state index contributed by atoms with van der Waals surface area (Å²) in [4.78, 5) is 12.3. The van der Waals surface area contributed by atoms with Crippen LogP contribution >= 0.6 is 0 Å². The fourth-order valence-electron chi connectivity index (χ4n) is 4.28. The molecule has 0 atom stereocenters. The van der Waals surface area contributed by atoms with Gasteiger partial charge in [-0.15, -0.1) is 0 Å². The molecule has 2 N–H and O–H groups in total. The average Bonchev–Trinajstić information content (AvgIpc) is 3.20. The van der Waals surface area contributed by atoms with Crippen LogP contribution in [0.25, 0.3) is 11.1 Å². The Kier molecular flexibility index (Phi) is 6.27. The van der Waals surface area contributed by atoms with E-state index in [2.05, 4.69) is 46.7 Å². The van der Waals surface area contributed by atoms with Crippen molar-refractivity contribution in [2.45, 2.75) is 5.92 Å². The zero-order chi connectivity index (χ0) is 23.2. The normalized spacial score (nSPS) is 11.5. The highest BCUT2D eigenvalue weighted by atomic mass is 16.5. The monoisotopic (exact) mass is 444 g/mol. The van der Waals surface area contributed by atoms with Crippen LogP contribution in [0, 0.1) is 11.8 Å². The summed E-state index contributed by atoms with van der Waals surface area (Å²) in [6.07, 6.45) is -0.466. The van der Waals surface area contributed by atoms with Crippen molar-refractivity contribution in [3.05, 3.63) is 120 Å². The van der Waals surface area contributed by atoms with E-state index in [1.807, 2.05) is 78.9 Å². The number of amides is 1. The number of anilines is 2. The summed E-state index contributed by atoms with van der Waals surface area (Å²) in [6.45, 7) is 0.494. The molecule has 1 aliphatic rings. The molecule has 1 aliphatic carbocycles. The maximum atomic E-state index is 12.3. The summed E-state index contributed by atoms with van der Waals surface area (Å²) < 4.78 is 5.56. The van der Waals surface area contributed by atoms with Gasteiger partial charge in [-0.3, -0.25) is 0 Å². The Morgan fingerprint density at radius 2 is 1.38 bits per heavy atom. The standard InChI is InChI=1S/C30H24N2O2/c33-30(34-21-28-26-17-7-5-15-24(26)25-16-6-8-18-27(25)28)31-20-10-12-22-11-4-9-19-29(22)32-23-13-2-1-3-14-23/h1-9,11,13-19,28,32H,20-21H2,(H,31,33). The number of carbonyl (C=O) groups excluding carboxylic acids is 1. The van der Waals surface area contributed by atoms with Crippen LogP contribution in [0.3, 0.4) is 0 Å². The lowest BCUT2D eigenvalue weighted by molar-refractivity contribution is 0.144. The first-order valence-electron chi connectivity index (χ1n) is 11.3. The summed E-state index contributed by atoms with van der Waals surface area (Å²) in [5.41, 5.74) is 7.58. The van der Waals surface area contributed by atoms with Crippen LogP contribution in [0.2, 0.25) is 0 Å². The first-order valence-corrected chi connectivity index (χ1v) is 11.3. The van der Waals surface area contributed by atoms with E-state index in [1.54, 1.807) is 0 Å². The number of para-hydroxylation sites is 2. The van der Waals surface area contributed by atoms with Crippen LogP contribution in [0.4, 0.5) is 16.2 Å². The molecule has 1 amide bonds. The van der Waals surface area contributed by atoms with E-state index in [4.69, 9.17) is 4.74 Å². The van der Waals surface area contributed by atoms with Crippen LogP contribution in [-0.4, -0.2) is 19.2 Å². The van der Waals surface area contributed by atoms with Crippen LogP contribution < -0.4 is 10.6 Å². The van der Waals surface area contributed by atoms with Crippen LogP contribution in [0.1, 0.15) is 22.6 Å². The van der Waals surface area contributed by atoms with E-state index in [1.165, 1.54) is 22.3 Å². The van der Waals surface area contributed by atoms with Gasteiger partial charge in [-0.25, -0.2) is 4.79 Å². The largest absolute Gasteiger partial charge is 0.449 e. The third-order valence-corrected chi connectivity index (χ3v) is 5.87. The lowest BCUT2D eigenvalue weighted by Crippen LogP contribution is -2.26. The molecule has 0 heterocycles. The number of rotatable bonds is 5. The third kappa shape index (κ3) is 4.65. The van der Waals surface area contributed by atoms with Gasteiger partial charge in [-0.05, 0) is 46.5 Å². The van der Waals surface area contributed by atoms with Crippen molar-refractivity contribution in [3.63, 3.8) is 0 Å². The van der Waals surface area contributed by atoms with E-state index < -0.39 is 6.09 Å². The smallest absolute Gasteiger partial charge is 0.407 e. The quantitative estimate of drug-likeness (QED) is 0.354. The SMILES string of the molecule is O=C(NCC#Cc1ccccc1Nc1ccccc1)OCC1c2ccccc2-c2ccccc21. The predicted molar refractivity (Wildman–Crippen MR) is 136 cm³/mol. The Morgan fingerprint density at radius 3 is 2.12 bits per heavy atom. The Balaban J connectivity index is 1.18. The predicted octanol–water partition coefficient (Wildman–Crippen LogP) is 6.32. The van der Waals surface area contributed by atoms with Gasteiger partial charge in [0.1, 0.15) is 6.61 Å². The molecule has 4 aromatic rings. The first kappa shape index (κ1) is 21.4. The second kappa shape index (κ2) is 9.97. The van der Waals surface area contributed by atoms with Crippen molar-refractivity contribution in [2.24, 2.45) is 0 Å². The van der Waals surface area contributed by atoms with E-state index in [0.717, 1.165) is 16.9 Å². The Labute approximate surface area is 199 Å². The number of hydrogen-bond acceptors (Lipinski definition) is 3. The van der Waals surface area contributed by atoms with Crippen molar-refractivity contribution in [1.82, 2.24) is 5.32 Å². The summed E-state index contributed by atoms with van der Waals surface area (Å²) in [6, 6.07) is 34.4. The average molecular weight is 445 g/mol. The molecule has 34 heavy (non-hydrogen) atoms. The maximum Gasteiger partial charge on any atom is 0.407 e. The van der Waals surface area contributed by atoms with Crippen molar-refractivity contribution in [1.29, 1.82) is 0 Å². The van der Waals surface area contributed by atoms with Crippen LogP contribution in [-0.2, 0) is 4.74 Å². The molecule has 4 heteroatoms. The van der Waals surface area contributed by atoms with Gasteiger partial charge in [0.15, 0.2) is 0 Å². The van der Waals surface area contributed by atoms with Gasteiger partial charge in [-0.1, -0.05) is 90.7 Å². The van der Waals surface area contributed by atoms with Crippen LogP contribution in [0.5, 0.6) is 0 Å². The molecule has 0 radical (unpaired) electrons. The van der Waals surface area contributed by atoms with Crippen molar-refractivity contribution in [3.8, 4) is 23.0 Å². The lowest BCUT2D eigenvalue weighted by Gasteiger charge is -2.14. The van der Waals surface area contributed by atoms with Gasteiger partial charge in [0, 0.05) is 17.2 Å². The molecular formula is C30H24N2O2. The van der Waals surface area contributed by atoms with E-state index in [0.29, 0.717) is 0 Å². The van der Waals surface area contributed by atoms with Gasteiger partial charge >= 0.3 is 6.09 Å². The topological polar surface area (TPSA) is 50.4 Å². The van der Waals surface area contributed by atoms with E-state index in [-0.39, 0.29) is 19.1 Å². The summed E-state index contributed by atoms with van der Waals surface area (Å²) in [5.74, 6) is 6.19. The zero-order valence-electron chi connectivity index (χ0n) is 18.6.